The molecule has 1 aromatic carbocycles. The lowest BCUT2D eigenvalue weighted by molar-refractivity contribution is 0.420. The van der Waals surface area contributed by atoms with E-state index in [1.54, 1.807) is 36.0 Å². The Bertz CT molecular complexity index is 616. The molecule has 0 spiro atoms. The van der Waals surface area contributed by atoms with Gasteiger partial charge in [0.25, 0.3) is 0 Å². The second kappa shape index (κ2) is 3.84. The molecule has 16 heavy (non-hydrogen) atoms. The van der Waals surface area contributed by atoms with Crippen LogP contribution in [0.25, 0.3) is 20.8 Å². The minimum absolute atomic E-state index is 0.814. The number of ether oxygens (including phenoxy) is 1. The Hall–Kier alpha value is -1.46. The standard InChI is InChI=1S/C11H8N2OS2/c1-14-10-7(11-12-4-5-15-11)2-3-8-9(10)13-6-16-8/h2-6H,1H3. The number of nitrogens with zero attached hydrogens (tertiary/aromatic N) is 2. The number of benzene rings is 1. The fourth-order valence-corrected chi connectivity index (χ4v) is 2.97. The van der Waals surface area contributed by atoms with Crippen molar-refractivity contribution in [3.63, 3.8) is 0 Å². The molecule has 0 fully saturated rings. The molecule has 2 heterocycles. The van der Waals surface area contributed by atoms with Gasteiger partial charge in [-0.2, -0.15) is 0 Å². The third-order valence-corrected chi connectivity index (χ3v) is 3.92. The maximum atomic E-state index is 5.45. The molecule has 0 bridgehead atoms. The minimum atomic E-state index is 0.814. The third-order valence-electron chi connectivity index (χ3n) is 2.32. The van der Waals surface area contributed by atoms with Gasteiger partial charge in [0.2, 0.25) is 0 Å². The Morgan fingerprint density at radius 1 is 1.19 bits per heavy atom. The van der Waals surface area contributed by atoms with Crippen LogP contribution < -0.4 is 4.74 Å². The summed E-state index contributed by atoms with van der Waals surface area (Å²) in [7, 11) is 1.67. The summed E-state index contributed by atoms with van der Waals surface area (Å²) in [5, 5.41) is 2.92. The predicted molar refractivity (Wildman–Crippen MR) is 67.3 cm³/mol. The Labute approximate surface area is 100 Å². The van der Waals surface area contributed by atoms with E-state index >= 15 is 0 Å². The van der Waals surface area contributed by atoms with Gasteiger partial charge in [0.1, 0.15) is 10.5 Å². The molecule has 3 aromatic rings. The predicted octanol–water partition coefficient (Wildman–Crippen LogP) is 3.43. The van der Waals surface area contributed by atoms with Crippen molar-refractivity contribution in [1.82, 2.24) is 9.97 Å². The van der Waals surface area contributed by atoms with Crippen LogP contribution in [0.5, 0.6) is 5.75 Å². The first-order valence-corrected chi connectivity index (χ1v) is 6.46. The van der Waals surface area contributed by atoms with Crippen LogP contribution in [-0.4, -0.2) is 17.1 Å². The third kappa shape index (κ3) is 1.40. The molecule has 80 valence electrons. The van der Waals surface area contributed by atoms with Gasteiger partial charge in [-0.05, 0) is 12.1 Å². The highest BCUT2D eigenvalue weighted by Gasteiger charge is 2.13. The number of methoxy groups -OCH3 is 1. The molecule has 0 aliphatic rings. The number of hydrogen-bond acceptors (Lipinski definition) is 5. The van der Waals surface area contributed by atoms with Gasteiger partial charge in [0.05, 0.1) is 22.9 Å². The van der Waals surface area contributed by atoms with Gasteiger partial charge >= 0.3 is 0 Å². The molecule has 5 heteroatoms. The lowest BCUT2D eigenvalue weighted by Gasteiger charge is -2.06. The largest absolute Gasteiger partial charge is 0.494 e. The Kier molecular flexibility index (Phi) is 2.34. The maximum Gasteiger partial charge on any atom is 0.156 e. The summed E-state index contributed by atoms with van der Waals surface area (Å²) in [6.07, 6.45) is 1.80. The van der Waals surface area contributed by atoms with Crippen LogP contribution in [-0.2, 0) is 0 Å². The summed E-state index contributed by atoms with van der Waals surface area (Å²) in [5.41, 5.74) is 3.76. The lowest BCUT2D eigenvalue weighted by atomic mass is 10.2. The van der Waals surface area contributed by atoms with Crippen molar-refractivity contribution >= 4 is 32.9 Å². The van der Waals surface area contributed by atoms with Gasteiger partial charge in [-0.15, -0.1) is 22.7 Å². The van der Waals surface area contributed by atoms with E-state index in [4.69, 9.17) is 4.74 Å². The molecule has 0 radical (unpaired) electrons. The van der Waals surface area contributed by atoms with Crippen LogP contribution in [0.1, 0.15) is 0 Å². The van der Waals surface area contributed by atoms with E-state index in [2.05, 4.69) is 16.0 Å². The first-order valence-electron chi connectivity index (χ1n) is 4.70. The van der Waals surface area contributed by atoms with E-state index in [1.807, 2.05) is 17.0 Å². The summed E-state index contributed by atoms with van der Waals surface area (Å²) in [6.45, 7) is 0. The summed E-state index contributed by atoms with van der Waals surface area (Å²) < 4.78 is 6.59. The SMILES string of the molecule is COc1c(-c2nccs2)ccc2scnc12. The topological polar surface area (TPSA) is 35.0 Å². The monoisotopic (exact) mass is 248 g/mol. The minimum Gasteiger partial charge on any atom is -0.494 e. The first kappa shape index (κ1) is 9.74. The van der Waals surface area contributed by atoms with Crippen LogP contribution >= 0.6 is 22.7 Å². The van der Waals surface area contributed by atoms with Crippen molar-refractivity contribution in [2.75, 3.05) is 7.11 Å². The number of rotatable bonds is 2. The van der Waals surface area contributed by atoms with Gasteiger partial charge in [-0.25, -0.2) is 9.97 Å². The van der Waals surface area contributed by atoms with Crippen LogP contribution in [0.3, 0.4) is 0 Å². The molecular weight excluding hydrogens is 240 g/mol. The summed E-state index contributed by atoms with van der Waals surface area (Å²) in [6, 6.07) is 4.10. The zero-order valence-corrected chi connectivity index (χ0v) is 10.1. The average molecular weight is 248 g/mol. The van der Waals surface area contributed by atoms with Crippen LogP contribution in [0.2, 0.25) is 0 Å². The quantitative estimate of drug-likeness (QED) is 0.697. The lowest BCUT2D eigenvalue weighted by Crippen LogP contribution is -1.88. The zero-order chi connectivity index (χ0) is 11.0. The van der Waals surface area contributed by atoms with E-state index in [0.717, 1.165) is 26.5 Å². The van der Waals surface area contributed by atoms with Crippen molar-refractivity contribution in [3.05, 3.63) is 29.2 Å². The van der Waals surface area contributed by atoms with Crippen LogP contribution in [0.15, 0.2) is 29.2 Å². The maximum absolute atomic E-state index is 5.45. The molecule has 0 aliphatic heterocycles. The number of aromatic nitrogens is 2. The van der Waals surface area contributed by atoms with E-state index < -0.39 is 0 Å². The Balaban J connectivity index is 2.32. The smallest absolute Gasteiger partial charge is 0.156 e. The molecule has 2 aromatic heterocycles. The highest BCUT2D eigenvalue weighted by Crippen LogP contribution is 2.37. The second-order valence-electron chi connectivity index (χ2n) is 3.18. The van der Waals surface area contributed by atoms with Gasteiger partial charge < -0.3 is 4.74 Å². The van der Waals surface area contributed by atoms with Gasteiger partial charge in [0, 0.05) is 11.6 Å². The summed E-state index contributed by atoms with van der Waals surface area (Å²) in [4.78, 5) is 8.63. The first-order chi connectivity index (χ1) is 7.90. The van der Waals surface area contributed by atoms with Gasteiger partial charge in [0.15, 0.2) is 5.75 Å². The molecule has 0 saturated carbocycles. The molecule has 3 rings (SSSR count). The summed E-state index contributed by atoms with van der Waals surface area (Å²) >= 11 is 3.22. The second-order valence-corrected chi connectivity index (χ2v) is 4.96. The van der Waals surface area contributed by atoms with Crippen molar-refractivity contribution in [1.29, 1.82) is 0 Å². The van der Waals surface area contributed by atoms with Crippen molar-refractivity contribution in [3.8, 4) is 16.3 Å². The molecule has 0 atom stereocenters. The molecule has 0 amide bonds. The fraction of sp³-hybridized carbons (Fsp3) is 0.0909. The molecule has 0 aliphatic carbocycles. The number of fused-ring (bicyclic) bond motifs is 1. The van der Waals surface area contributed by atoms with Gasteiger partial charge in [-0.3, -0.25) is 0 Å². The molecule has 3 nitrogen and oxygen atoms in total. The number of thiazole rings is 2. The van der Waals surface area contributed by atoms with E-state index in [1.165, 1.54) is 0 Å². The molecule has 0 unspecified atom stereocenters. The number of hydrogen-bond donors (Lipinski definition) is 0. The molecule has 0 N–H and O–H groups in total. The Morgan fingerprint density at radius 3 is 2.88 bits per heavy atom. The van der Waals surface area contributed by atoms with E-state index in [0.29, 0.717) is 0 Å². The van der Waals surface area contributed by atoms with Gasteiger partial charge in [-0.1, -0.05) is 0 Å². The normalized spacial score (nSPS) is 10.8. The fourth-order valence-electron chi connectivity index (χ4n) is 1.64. The molecule has 0 saturated heterocycles. The van der Waals surface area contributed by atoms with E-state index in [-0.39, 0.29) is 0 Å². The van der Waals surface area contributed by atoms with Crippen LogP contribution in [0, 0.1) is 0 Å². The van der Waals surface area contributed by atoms with E-state index in [9.17, 15) is 0 Å². The average Bonchev–Trinajstić information content (AvgIpc) is 2.97. The highest BCUT2D eigenvalue weighted by atomic mass is 32.1. The zero-order valence-electron chi connectivity index (χ0n) is 8.51. The Morgan fingerprint density at radius 2 is 2.12 bits per heavy atom. The van der Waals surface area contributed by atoms with Crippen molar-refractivity contribution in [2.45, 2.75) is 0 Å². The van der Waals surface area contributed by atoms with Crippen molar-refractivity contribution in [2.24, 2.45) is 0 Å². The highest BCUT2D eigenvalue weighted by molar-refractivity contribution is 7.16. The van der Waals surface area contributed by atoms with Crippen molar-refractivity contribution < 1.29 is 4.74 Å². The molecular formula is C11H8N2OS2. The van der Waals surface area contributed by atoms with Crippen LogP contribution in [0.4, 0.5) is 0 Å². The summed E-state index contributed by atoms with van der Waals surface area (Å²) in [5.74, 6) is 0.814.